The normalized spacial score (nSPS) is 23.1. The maximum Gasteiger partial charge on any atom is 0.261 e. The van der Waals surface area contributed by atoms with E-state index in [-0.39, 0.29) is 18.7 Å². The third-order valence-corrected chi connectivity index (χ3v) is 3.55. The average molecular weight is 278 g/mol. The number of aromatic nitrogens is 2. The minimum absolute atomic E-state index is 0.131. The SMILES string of the molecule is O=c1c2ccc(F)cc2ncn1CC1(O)CCCOC1. The smallest absolute Gasteiger partial charge is 0.261 e. The van der Waals surface area contributed by atoms with Crippen LogP contribution in [0.25, 0.3) is 10.9 Å². The molecule has 0 aliphatic carbocycles. The van der Waals surface area contributed by atoms with Crippen molar-refractivity contribution in [2.24, 2.45) is 0 Å². The van der Waals surface area contributed by atoms with E-state index in [1.165, 1.54) is 29.1 Å². The topological polar surface area (TPSA) is 64.4 Å². The predicted molar refractivity (Wildman–Crippen MR) is 71.0 cm³/mol. The van der Waals surface area contributed by atoms with Gasteiger partial charge in [-0.3, -0.25) is 9.36 Å². The maximum atomic E-state index is 13.1. The van der Waals surface area contributed by atoms with Crippen LogP contribution < -0.4 is 5.56 Å². The third kappa shape index (κ3) is 2.44. The summed E-state index contributed by atoms with van der Waals surface area (Å²) in [4.78, 5) is 16.4. The largest absolute Gasteiger partial charge is 0.386 e. The molecule has 0 saturated carbocycles. The number of hydrogen-bond donors (Lipinski definition) is 1. The lowest BCUT2D eigenvalue weighted by Crippen LogP contribution is -2.44. The fourth-order valence-electron chi connectivity index (χ4n) is 2.52. The summed E-state index contributed by atoms with van der Waals surface area (Å²) in [5.41, 5.74) is -1.01. The zero-order chi connectivity index (χ0) is 14.2. The second-order valence-electron chi connectivity index (χ2n) is 5.22. The molecule has 0 spiro atoms. The van der Waals surface area contributed by atoms with Crippen molar-refractivity contribution in [2.45, 2.75) is 25.0 Å². The van der Waals surface area contributed by atoms with Crippen LogP contribution in [0, 0.1) is 5.82 Å². The van der Waals surface area contributed by atoms with Gasteiger partial charge in [-0.05, 0) is 25.0 Å². The Morgan fingerprint density at radius 1 is 1.50 bits per heavy atom. The van der Waals surface area contributed by atoms with Gasteiger partial charge in [0.2, 0.25) is 0 Å². The minimum Gasteiger partial charge on any atom is -0.386 e. The molecule has 1 aliphatic heterocycles. The Hall–Kier alpha value is -1.79. The quantitative estimate of drug-likeness (QED) is 0.892. The zero-order valence-corrected chi connectivity index (χ0v) is 10.9. The molecule has 1 aromatic carbocycles. The molecule has 0 radical (unpaired) electrons. The number of aliphatic hydroxyl groups is 1. The lowest BCUT2D eigenvalue weighted by atomic mass is 9.96. The molecule has 1 fully saturated rings. The van der Waals surface area contributed by atoms with Crippen LogP contribution in [0.15, 0.2) is 29.3 Å². The minimum atomic E-state index is -1.04. The van der Waals surface area contributed by atoms with E-state index < -0.39 is 11.4 Å². The van der Waals surface area contributed by atoms with E-state index >= 15 is 0 Å². The molecule has 0 bridgehead atoms. The Labute approximate surface area is 114 Å². The zero-order valence-electron chi connectivity index (χ0n) is 10.9. The molecule has 2 heterocycles. The van der Waals surface area contributed by atoms with E-state index in [1.54, 1.807) is 0 Å². The summed E-state index contributed by atoms with van der Waals surface area (Å²) < 4.78 is 19.7. The van der Waals surface area contributed by atoms with Gasteiger partial charge in [-0.2, -0.15) is 0 Å². The number of nitrogens with zero attached hydrogens (tertiary/aromatic N) is 2. The predicted octanol–water partition coefficient (Wildman–Crippen LogP) is 1.08. The highest BCUT2D eigenvalue weighted by atomic mass is 19.1. The fourth-order valence-corrected chi connectivity index (χ4v) is 2.52. The van der Waals surface area contributed by atoms with Crippen LogP contribution in [0.4, 0.5) is 4.39 Å². The summed E-state index contributed by atoms with van der Waals surface area (Å²) in [6.07, 6.45) is 2.69. The number of hydrogen-bond acceptors (Lipinski definition) is 4. The number of ether oxygens (including phenoxy) is 1. The maximum absolute atomic E-state index is 13.1. The molecule has 1 atom stereocenters. The highest BCUT2D eigenvalue weighted by Gasteiger charge is 2.31. The van der Waals surface area contributed by atoms with Crippen LogP contribution in [0.1, 0.15) is 12.8 Å². The molecule has 1 aromatic heterocycles. The summed E-state index contributed by atoms with van der Waals surface area (Å²) in [6.45, 7) is 0.972. The van der Waals surface area contributed by atoms with Crippen LogP contribution >= 0.6 is 0 Å². The highest BCUT2D eigenvalue weighted by Crippen LogP contribution is 2.20. The molecule has 1 saturated heterocycles. The first-order valence-corrected chi connectivity index (χ1v) is 6.52. The van der Waals surface area contributed by atoms with Crippen molar-refractivity contribution in [3.8, 4) is 0 Å². The van der Waals surface area contributed by atoms with Crippen LogP contribution in [0.5, 0.6) is 0 Å². The second-order valence-corrected chi connectivity index (χ2v) is 5.22. The van der Waals surface area contributed by atoms with Gasteiger partial charge in [0.15, 0.2) is 0 Å². The molecular weight excluding hydrogens is 263 g/mol. The van der Waals surface area contributed by atoms with E-state index in [0.717, 1.165) is 6.42 Å². The summed E-state index contributed by atoms with van der Waals surface area (Å²) in [6, 6.07) is 3.87. The molecule has 5 nitrogen and oxygen atoms in total. The van der Waals surface area contributed by atoms with E-state index in [4.69, 9.17) is 4.74 Å². The monoisotopic (exact) mass is 278 g/mol. The lowest BCUT2D eigenvalue weighted by molar-refractivity contribution is -0.0947. The van der Waals surface area contributed by atoms with Gasteiger partial charge in [0.1, 0.15) is 11.4 Å². The summed E-state index contributed by atoms with van der Waals surface area (Å²) >= 11 is 0. The average Bonchev–Trinajstić information content (AvgIpc) is 2.43. The number of halogens is 1. The Balaban J connectivity index is 1.98. The van der Waals surface area contributed by atoms with Crippen molar-refractivity contribution in [2.75, 3.05) is 13.2 Å². The van der Waals surface area contributed by atoms with Crippen molar-refractivity contribution in [3.63, 3.8) is 0 Å². The van der Waals surface area contributed by atoms with Crippen LogP contribution in [-0.2, 0) is 11.3 Å². The fraction of sp³-hybridized carbons (Fsp3) is 0.429. The van der Waals surface area contributed by atoms with E-state index in [0.29, 0.717) is 23.9 Å². The van der Waals surface area contributed by atoms with Gasteiger partial charge in [-0.25, -0.2) is 9.37 Å². The number of fused-ring (bicyclic) bond motifs is 1. The Kier molecular flexibility index (Phi) is 3.27. The van der Waals surface area contributed by atoms with Gasteiger partial charge in [0.25, 0.3) is 5.56 Å². The molecule has 1 unspecified atom stereocenters. The van der Waals surface area contributed by atoms with Crippen molar-refractivity contribution >= 4 is 10.9 Å². The molecule has 6 heteroatoms. The summed E-state index contributed by atoms with van der Waals surface area (Å²) in [5, 5.41) is 10.7. The van der Waals surface area contributed by atoms with E-state index in [2.05, 4.69) is 4.98 Å². The van der Waals surface area contributed by atoms with Gasteiger partial charge in [-0.1, -0.05) is 0 Å². The third-order valence-electron chi connectivity index (χ3n) is 3.55. The van der Waals surface area contributed by atoms with Crippen molar-refractivity contribution in [1.29, 1.82) is 0 Å². The van der Waals surface area contributed by atoms with Crippen molar-refractivity contribution in [3.05, 3.63) is 40.7 Å². The van der Waals surface area contributed by atoms with Crippen molar-refractivity contribution in [1.82, 2.24) is 9.55 Å². The van der Waals surface area contributed by atoms with Gasteiger partial charge >= 0.3 is 0 Å². The van der Waals surface area contributed by atoms with Crippen LogP contribution in [-0.4, -0.2) is 33.5 Å². The summed E-state index contributed by atoms with van der Waals surface area (Å²) in [7, 11) is 0. The first-order valence-electron chi connectivity index (χ1n) is 6.52. The molecule has 0 amide bonds. The van der Waals surface area contributed by atoms with Crippen molar-refractivity contribution < 1.29 is 14.2 Å². The molecule has 1 N–H and O–H groups in total. The van der Waals surface area contributed by atoms with E-state index in [9.17, 15) is 14.3 Å². The standard InChI is InChI=1S/C14H15FN2O3/c15-10-2-3-11-12(6-10)16-9-17(13(11)18)7-14(19)4-1-5-20-8-14/h2-3,6,9,19H,1,4-5,7-8H2. The van der Waals surface area contributed by atoms with E-state index in [1.807, 2.05) is 0 Å². The first kappa shape index (κ1) is 13.2. The number of benzene rings is 1. The molecule has 1 aliphatic rings. The van der Waals surface area contributed by atoms with Crippen LogP contribution in [0.2, 0.25) is 0 Å². The Morgan fingerprint density at radius 3 is 3.10 bits per heavy atom. The van der Waals surface area contributed by atoms with Gasteiger partial charge in [0, 0.05) is 12.7 Å². The first-order chi connectivity index (χ1) is 9.57. The molecule has 106 valence electrons. The Morgan fingerprint density at radius 2 is 2.35 bits per heavy atom. The molecule has 3 rings (SSSR count). The molecular formula is C14H15FN2O3. The Bertz CT molecular complexity index is 692. The second kappa shape index (κ2) is 4.96. The molecule has 2 aromatic rings. The highest BCUT2D eigenvalue weighted by molar-refractivity contribution is 5.77. The van der Waals surface area contributed by atoms with Crippen LogP contribution in [0.3, 0.4) is 0 Å². The van der Waals surface area contributed by atoms with Gasteiger partial charge in [0.05, 0.1) is 30.4 Å². The number of rotatable bonds is 2. The lowest BCUT2D eigenvalue weighted by Gasteiger charge is -2.32. The van der Waals surface area contributed by atoms with Gasteiger partial charge in [-0.15, -0.1) is 0 Å². The van der Waals surface area contributed by atoms with Gasteiger partial charge < -0.3 is 9.84 Å². The summed E-state index contributed by atoms with van der Waals surface area (Å²) in [5.74, 6) is -0.429. The molecule has 20 heavy (non-hydrogen) atoms.